The van der Waals surface area contributed by atoms with Crippen LogP contribution in [-0.2, 0) is 10.0 Å². The summed E-state index contributed by atoms with van der Waals surface area (Å²) in [6.45, 7) is 5.81. The quantitative estimate of drug-likeness (QED) is 0.683. The maximum atomic E-state index is 12.2. The highest BCUT2D eigenvalue weighted by Crippen LogP contribution is 2.21. The lowest BCUT2D eigenvalue weighted by molar-refractivity contribution is 0.0949. The Hall–Kier alpha value is -1.35. The highest BCUT2D eigenvalue weighted by atomic mass is 35.5. The van der Waals surface area contributed by atoms with E-state index in [2.05, 4.69) is 26.9 Å². The third-order valence-corrected chi connectivity index (χ3v) is 4.97. The summed E-state index contributed by atoms with van der Waals surface area (Å²) >= 11 is 6.09. The van der Waals surface area contributed by atoms with Crippen LogP contribution in [-0.4, -0.2) is 76.7 Å². The molecule has 2 N–H and O–H groups in total. The van der Waals surface area contributed by atoms with Crippen molar-refractivity contribution in [3.05, 3.63) is 28.8 Å². The number of carbonyl (C=O) groups is 1. The van der Waals surface area contributed by atoms with Gasteiger partial charge in [0.2, 0.25) is 10.0 Å². The highest BCUT2D eigenvalue weighted by Gasteiger charge is 2.14. The summed E-state index contributed by atoms with van der Waals surface area (Å²) < 4.78 is 24.8. The van der Waals surface area contributed by atoms with Crippen molar-refractivity contribution in [1.82, 2.24) is 15.1 Å². The summed E-state index contributed by atoms with van der Waals surface area (Å²) in [5.74, 6) is -0.255. The van der Waals surface area contributed by atoms with Crippen LogP contribution in [0, 0.1) is 0 Å². The van der Waals surface area contributed by atoms with Crippen LogP contribution in [0.4, 0.5) is 5.69 Å². The Kier molecular flexibility index (Phi) is 7.06. The molecule has 0 aromatic heterocycles. The maximum absolute atomic E-state index is 12.2. The van der Waals surface area contributed by atoms with Gasteiger partial charge in [-0.05, 0) is 38.2 Å². The summed E-state index contributed by atoms with van der Waals surface area (Å²) in [5.41, 5.74) is 0.666. The number of piperazine rings is 1. The molecule has 140 valence electrons. The second kappa shape index (κ2) is 8.84. The number of halogens is 1. The molecule has 7 nitrogen and oxygen atoms in total. The number of likely N-dealkylation sites (N-methyl/N-ethyl adjacent to an activating group) is 1. The lowest BCUT2D eigenvalue weighted by Crippen LogP contribution is -2.45. The molecule has 1 fully saturated rings. The first-order valence-corrected chi connectivity index (χ1v) is 10.5. The monoisotopic (exact) mass is 388 g/mol. The molecule has 1 aromatic rings. The molecular weight excluding hydrogens is 364 g/mol. The summed E-state index contributed by atoms with van der Waals surface area (Å²) in [5, 5.41) is 3.07. The predicted molar refractivity (Wildman–Crippen MR) is 101 cm³/mol. The van der Waals surface area contributed by atoms with E-state index in [0.29, 0.717) is 17.8 Å². The van der Waals surface area contributed by atoms with Gasteiger partial charge < -0.3 is 15.1 Å². The fourth-order valence-corrected chi connectivity index (χ4v) is 3.47. The van der Waals surface area contributed by atoms with Gasteiger partial charge in [-0.3, -0.25) is 9.52 Å². The average Bonchev–Trinajstić information content (AvgIpc) is 2.51. The molecule has 0 saturated carbocycles. The molecule has 25 heavy (non-hydrogen) atoms. The number of rotatable bonds is 7. The molecule has 0 unspecified atom stereocenters. The van der Waals surface area contributed by atoms with Crippen LogP contribution in [0.15, 0.2) is 18.2 Å². The first-order valence-electron chi connectivity index (χ1n) is 8.21. The fourth-order valence-electron chi connectivity index (χ4n) is 2.65. The normalized spacial score (nSPS) is 16.6. The standard InChI is InChI=1S/C16H25ClN4O3S/c1-20-8-10-21(11-9-20)7-3-6-18-16(22)14-5-4-13(12-15(14)17)19-25(2,23)24/h4-5,12,19H,3,6-11H2,1-2H3,(H,18,22). The van der Waals surface area contributed by atoms with Crippen LogP contribution in [0.1, 0.15) is 16.8 Å². The molecule has 9 heteroatoms. The number of amides is 1. The van der Waals surface area contributed by atoms with Crippen LogP contribution >= 0.6 is 11.6 Å². The van der Waals surface area contributed by atoms with Gasteiger partial charge in [0.1, 0.15) is 0 Å². The van der Waals surface area contributed by atoms with Crippen molar-refractivity contribution in [3.63, 3.8) is 0 Å². The Bertz CT molecular complexity index is 703. The van der Waals surface area contributed by atoms with E-state index in [1.807, 2.05) is 0 Å². The van der Waals surface area contributed by atoms with Gasteiger partial charge in [-0.1, -0.05) is 11.6 Å². The molecule has 0 spiro atoms. The molecule has 1 aliphatic rings. The van der Waals surface area contributed by atoms with E-state index in [1.54, 1.807) is 0 Å². The lowest BCUT2D eigenvalue weighted by Gasteiger charge is -2.32. The second-order valence-electron chi connectivity index (χ2n) is 6.32. The van der Waals surface area contributed by atoms with E-state index in [0.717, 1.165) is 45.4 Å². The molecule has 1 saturated heterocycles. The molecular formula is C16H25ClN4O3S. The van der Waals surface area contributed by atoms with Gasteiger partial charge >= 0.3 is 0 Å². The van der Waals surface area contributed by atoms with E-state index in [1.165, 1.54) is 18.2 Å². The van der Waals surface area contributed by atoms with Crippen molar-refractivity contribution in [1.29, 1.82) is 0 Å². The van der Waals surface area contributed by atoms with Gasteiger partial charge in [0.25, 0.3) is 5.91 Å². The molecule has 0 atom stereocenters. The summed E-state index contributed by atoms with van der Waals surface area (Å²) in [6, 6.07) is 4.47. The molecule has 0 aliphatic carbocycles. The van der Waals surface area contributed by atoms with Gasteiger partial charge in [0.15, 0.2) is 0 Å². The van der Waals surface area contributed by atoms with E-state index < -0.39 is 10.0 Å². The Morgan fingerprint density at radius 3 is 2.52 bits per heavy atom. The number of hydrogen-bond donors (Lipinski definition) is 2. The first kappa shape index (κ1) is 20.0. The zero-order chi connectivity index (χ0) is 18.4. The Balaban J connectivity index is 1.78. The molecule has 0 radical (unpaired) electrons. The van der Waals surface area contributed by atoms with E-state index in [-0.39, 0.29) is 10.9 Å². The summed E-state index contributed by atoms with van der Waals surface area (Å²) in [7, 11) is -1.25. The van der Waals surface area contributed by atoms with Crippen LogP contribution in [0.2, 0.25) is 5.02 Å². The zero-order valence-corrected chi connectivity index (χ0v) is 16.2. The summed E-state index contributed by atoms with van der Waals surface area (Å²) in [4.78, 5) is 16.9. The molecule has 1 aliphatic heterocycles. The maximum Gasteiger partial charge on any atom is 0.252 e. The predicted octanol–water partition coefficient (Wildman–Crippen LogP) is 1.08. The molecule has 1 amide bonds. The Labute approximate surface area is 154 Å². The van der Waals surface area contributed by atoms with Crippen molar-refractivity contribution in [3.8, 4) is 0 Å². The van der Waals surface area contributed by atoms with Crippen molar-refractivity contribution < 1.29 is 13.2 Å². The third kappa shape index (κ3) is 6.81. The minimum absolute atomic E-state index is 0.213. The minimum atomic E-state index is -3.38. The van der Waals surface area contributed by atoms with E-state index >= 15 is 0 Å². The second-order valence-corrected chi connectivity index (χ2v) is 8.48. The van der Waals surface area contributed by atoms with Crippen molar-refractivity contribution in [2.45, 2.75) is 6.42 Å². The van der Waals surface area contributed by atoms with Gasteiger partial charge in [0.05, 0.1) is 16.8 Å². The number of benzene rings is 1. The summed E-state index contributed by atoms with van der Waals surface area (Å²) in [6.07, 6.45) is 1.93. The van der Waals surface area contributed by atoms with Crippen LogP contribution in [0.5, 0.6) is 0 Å². The Morgan fingerprint density at radius 1 is 1.24 bits per heavy atom. The number of anilines is 1. The first-order chi connectivity index (χ1) is 11.7. The van der Waals surface area contributed by atoms with Crippen LogP contribution in [0.3, 0.4) is 0 Å². The SMILES string of the molecule is CN1CCN(CCCNC(=O)c2ccc(NS(C)(=O)=O)cc2Cl)CC1. The Morgan fingerprint density at radius 2 is 1.92 bits per heavy atom. The number of carbonyl (C=O) groups excluding carboxylic acids is 1. The van der Waals surface area contributed by atoms with Crippen molar-refractivity contribution in [2.24, 2.45) is 0 Å². The van der Waals surface area contributed by atoms with Crippen LogP contribution in [0.25, 0.3) is 0 Å². The van der Waals surface area contributed by atoms with Crippen molar-refractivity contribution >= 4 is 33.2 Å². The van der Waals surface area contributed by atoms with Gasteiger partial charge in [-0.25, -0.2) is 8.42 Å². The smallest absolute Gasteiger partial charge is 0.252 e. The minimum Gasteiger partial charge on any atom is -0.352 e. The van der Waals surface area contributed by atoms with Crippen LogP contribution < -0.4 is 10.0 Å². The lowest BCUT2D eigenvalue weighted by atomic mass is 10.2. The van der Waals surface area contributed by atoms with Gasteiger partial charge in [-0.15, -0.1) is 0 Å². The van der Waals surface area contributed by atoms with E-state index in [9.17, 15) is 13.2 Å². The number of nitrogens with one attached hydrogen (secondary N) is 2. The number of sulfonamides is 1. The average molecular weight is 389 g/mol. The zero-order valence-electron chi connectivity index (χ0n) is 14.6. The van der Waals surface area contributed by atoms with Crippen molar-refractivity contribution in [2.75, 3.05) is 57.3 Å². The van der Waals surface area contributed by atoms with Gasteiger partial charge in [0, 0.05) is 38.4 Å². The van der Waals surface area contributed by atoms with Gasteiger partial charge in [-0.2, -0.15) is 0 Å². The molecule has 2 rings (SSSR count). The highest BCUT2D eigenvalue weighted by molar-refractivity contribution is 7.92. The van der Waals surface area contributed by atoms with E-state index in [4.69, 9.17) is 11.6 Å². The fraction of sp³-hybridized carbons (Fsp3) is 0.562. The number of nitrogens with zero attached hydrogens (tertiary/aromatic N) is 2. The third-order valence-electron chi connectivity index (χ3n) is 4.05. The molecule has 0 bridgehead atoms. The molecule has 1 aromatic carbocycles. The number of hydrogen-bond acceptors (Lipinski definition) is 5. The topological polar surface area (TPSA) is 81.8 Å². The largest absolute Gasteiger partial charge is 0.352 e. The molecule has 1 heterocycles.